The molecule has 4 unspecified atom stereocenters. The fourth-order valence-corrected chi connectivity index (χ4v) is 4.37. The molecule has 0 radical (unpaired) electrons. The maximum atomic E-state index is 6.53. The van der Waals surface area contributed by atoms with Crippen LogP contribution in [0, 0.1) is 11.3 Å². The number of nitrogens with zero attached hydrogens (tertiary/aromatic N) is 1. The number of hydrogen-bond acceptors (Lipinski definition) is 2. The highest BCUT2D eigenvalue weighted by atomic mass is 15.2. The molecule has 3 rings (SSSR count). The highest BCUT2D eigenvalue weighted by molar-refractivity contribution is 5.02. The molecule has 0 aromatic carbocycles. The first kappa shape index (κ1) is 11.0. The second-order valence-corrected chi connectivity index (χ2v) is 7.00. The van der Waals surface area contributed by atoms with Gasteiger partial charge in [0, 0.05) is 24.7 Å². The van der Waals surface area contributed by atoms with Gasteiger partial charge in [0.05, 0.1) is 0 Å². The van der Waals surface area contributed by atoms with E-state index in [4.69, 9.17) is 5.73 Å². The van der Waals surface area contributed by atoms with Crippen LogP contribution in [0.5, 0.6) is 0 Å². The van der Waals surface area contributed by atoms with Gasteiger partial charge in [0.15, 0.2) is 0 Å². The van der Waals surface area contributed by atoms with Crippen LogP contribution in [0.25, 0.3) is 0 Å². The van der Waals surface area contributed by atoms with Gasteiger partial charge in [0.2, 0.25) is 0 Å². The van der Waals surface area contributed by atoms with Crippen molar-refractivity contribution in [3.8, 4) is 0 Å². The summed E-state index contributed by atoms with van der Waals surface area (Å²) in [7, 11) is 0. The third-order valence-corrected chi connectivity index (χ3v) is 5.52. The van der Waals surface area contributed by atoms with Crippen LogP contribution in [-0.4, -0.2) is 29.6 Å². The molecule has 0 spiro atoms. The quantitative estimate of drug-likeness (QED) is 0.738. The van der Waals surface area contributed by atoms with Gasteiger partial charge >= 0.3 is 0 Å². The van der Waals surface area contributed by atoms with Gasteiger partial charge < -0.3 is 5.73 Å². The summed E-state index contributed by atoms with van der Waals surface area (Å²) in [6.07, 6.45) is 8.41. The molecule has 2 nitrogen and oxygen atoms in total. The van der Waals surface area contributed by atoms with Gasteiger partial charge in [0.25, 0.3) is 0 Å². The number of rotatable bonds is 1. The Balaban J connectivity index is 1.74. The number of nitrogens with two attached hydrogens (primary N) is 1. The summed E-state index contributed by atoms with van der Waals surface area (Å²) in [6, 6.07) is 1.95. The van der Waals surface area contributed by atoms with Crippen molar-refractivity contribution in [2.75, 3.05) is 6.54 Å². The number of likely N-dealkylation sites (tertiary alicyclic amines) is 1. The van der Waals surface area contributed by atoms with Crippen LogP contribution in [0.2, 0.25) is 0 Å². The average Bonchev–Trinajstić information content (AvgIpc) is 2.83. The SMILES string of the molecule is CC1(C)CCCC(N2CC3CCC2C3)C1N. The predicted molar refractivity (Wildman–Crippen MR) is 67.2 cm³/mol. The van der Waals surface area contributed by atoms with Crippen molar-refractivity contribution in [2.45, 2.75) is 70.5 Å². The Bertz CT molecular complexity index is 274. The van der Waals surface area contributed by atoms with Gasteiger partial charge in [-0.1, -0.05) is 20.3 Å². The molecule has 2 saturated carbocycles. The van der Waals surface area contributed by atoms with E-state index in [2.05, 4.69) is 18.7 Å². The summed E-state index contributed by atoms with van der Waals surface area (Å²) in [5.41, 5.74) is 6.88. The van der Waals surface area contributed by atoms with E-state index >= 15 is 0 Å². The molecule has 92 valence electrons. The minimum atomic E-state index is 0.352. The molecule has 3 aliphatic rings. The van der Waals surface area contributed by atoms with Crippen LogP contribution in [-0.2, 0) is 0 Å². The first-order valence-corrected chi connectivity index (χ1v) is 7.09. The van der Waals surface area contributed by atoms with Crippen LogP contribution >= 0.6 is 0 Å². The summed E-state index contributed by atoms with van der Waals surface area (Å²) in [4.78, 5) is 2.78. The zero-order valence-corrected chi connectivity index (χ0v) is 10.8. The fraction of sp³-hybridized carbons (Fsp3) is 1.00. The first-order chi connectivity index (χ1) is 7.58. The van der Waals surface area contributed by atoms with E-state index < -0.39 is 0 Å². The van der Waals surface area contributed by atoms with E-state index in [-0.39, 0.29) is 0 Å². The lowest BCUT2D eigenvalue weighted by atomic mass is 9.70. The lowest BCUT2D eigenvalue weighted by molar-refractivity contribution is 0.0478. The van der Waals surface area contributed by atoms with E-state index in [9.17, 15) is 0 Å². The van der Waals surface area contributed by atoms with Gasteiger partial charge in [0.1, 0.15) is 0 Å². The smallest absolute Gasteiger partial charge is 0.0255 e. The third kappa shape index (κ3) is 1.62. The monoisotopic (exact) mass is 222 g/mol. The van der Waals surface area contributed by atoms with Crippen molar-refractivity contribution in [1.29, 1.82) is 0 Å². The highest BCUT2D eigenvalue weighted by Crippen LogP contribution is 2.44. The molecule has 2 bridgehead atoms. The molecule has 1 saturated heterocycles. The van der Waals surface area contributed by atoms with E-state index in [1.807, 2.05) is 0 Å². The van der Waals surface area contributed by atoms with Crippen LogP contribution in [0.4, 0.5) is 0 Å². The Labute approximate surface area is 99.6 Å². The van der Waals surface area contributed by atoms with Crippen LogP contribution in [0.3, 0.4) is 0 Å². The molecule has 1 heterocycles. The number of piperidine rings is 1. The Morgan fingerprint density at radius 2 is 2.00 bits per heavy atom. The van der Waals surface area contributed by atoms with Crippen LogP contribution < -0.4 is 5.73 Å². The molecule has 0 amide bonds. The minimum Gasteiger partial charge on any atom is -0.326 e. The van der Waals surface area contributed by atoms with Crippen molar-refractivity contribution < 1.29 is 0 Å². The van der Waals surface area contributed by atoms with E-state index in [0.717, 1.165) is 12.0 Å². The zero-order valence-electron chi connectivity index (χ0n) is 10.8. The minimum absolute atomic E-state index is 0.352. The lowest BCUT2D eigenvalue weighted by Crippen LogP contribution is -2.58. The molecule has 3 fully saturated rings. The molecule has 2 aliphatic carbocycles. The Morgan fingerprint density at radius 3 is 2.62 bits per heavy atom. The topological polar surface area (TPSA) is 29.3 Å². The number of fused-ring (bicyclic) bond motifs is 2. The highest BCUT2D eigenvalue weighted by Gasteiger charge is 2.46. The van der Waals surface area contributed by atoms with Crippen molar-refractivity contribution in [1.82, 2.24) is 4.90 Å². The molecular weight excluding hydrogens is 196 g/mol. The van der Waals surface area contributed by atoms with Crippen LogP contribution in [0.1, 0.15) is 52.4 Å². The summed E-state index contributed by atoms with van der Waals surface area (Å²) < 4.78 is 0. The molecule has 16 heavy (non-hydrogen) atoms. The molecule has 2 N–H and O–H groups in total. The summed E-state index contributed by atoms with van der Waals surface area (Å²) >= 11 is 0. The molecule has 4 atom stereocenters. The Kier molecular flexibility index (Phi) is 2.56. The normalized spacial score (nSPS) is 47.4. The molecule has 1 aliphatic heterocycles. The summed E-state index contributed by atoms with van der Waals surface area (Å²) in [6.45, 7) is 6.06. The maximum Gasteiger partial charge on any atom is 0.0255 e. The second-order valence-electron chi connectivity index (χ2n) is 7.00. The van der Waals surface area contributed by atoms with Crippen molar-refractivity contribution in [3.05, 3.63) is 0 Å². The maximum absolute atomic E-state index is 6.53. The second kappa shape index (κ2) is 3.71. The van der Waals surface area contributed by atoms with E-state index in [1.165, 1.54) is 45.1 Å². The summed E-state index contributed by atoms with van der Waals surface area (Å²) in [5.74, 6) is 1.00. The Hall–Kier alpha value is -0.0800. The van der Waals surface area contributed by atoms with Gasteiger partial charge in [-0.3, -0.25) is 4.90 Å². The zero-order chi connectivity index (χ0) is 11.3. The third-order valence-electron chi connectivity index (χ3n) is 5.52. The van der Waals surface area contributed by atoms with Crippen LogP contribution in [0.15, 0.2) is 0 Å². The first-order valence-electron chi connectivity index (χ1n) is 7.09. The Morgan fingerprint density at radius 1 is 1.19 bits per heavy atom. The van der Waals surface area contributed by atoms with Gasteiger partial charge in [-0.2, -0.15) is 0 Å². The van der Waals surface area contributed by atoms with E-state index in [1.54, 1.807) is 0 Å². The fourth-order valence-electron chi connectivity index (χ4n) is 4.37. The van der Waals surface area contributed by atoms with Crippen molar-refractivity contribution in [2.24, 2.45) is 17.1 Å². The van der Waals surface area contributed by atoms with Crippen molar-refractivity contribution >= 4 is 0 Å². The lowest BCUT2D eigenvalue weighted by Gasteiger charge is -2.48. The van der Waals surface area contributed by atoms with Crippen molar-refractivity contribution in [3.63, 3.8) is 0 Å². The van der Waals surface area contributed by atoms with E-state index in [0.29, 0.717) is 17.5 Å². The largest absolute Gasteiger partial charge is 0.326 e. The summed E-state index contributed by atoms with van der Waals surface area (Å²) in [5, 5.41) is 0. The standard InChI is InChI=1S/C14H26N2/c1-14(2)7-3-4-12(13(14)15)16-9-10-5-6-11(16)8-10/h10-13H,3-9,15H2,1-2H3. The number of hydrogen-bond donors (Lipinski definition) is 1. The molecule has 0 aromatic heterocycles. The molecular formula is C14H26N2. The van der Waals surface area contributed by atoms with Gasteiger partial charge in [-0.05, 0) is 43.4 Å². The van der Waals surface area contributed by atoms with Gasteiger partial charge in [-0.25, -0.2) is 0 Å². The van der Waals surface area contributed by atoms with Gasteiger partial charge in [-0.15, -0.1) is 0 Å². The average molecular weight is 222 g/mol. The molecule has 2 heteroatoms. The molecule has 0 aromatic rings. The predicted octanol–water partition coefficient (Wildman–Crippen LogP) is 2.38.